The lowest BCUT2D eigenvalue weighted by atomic mass is 10.1. The summed E-state index contributed by atoms with van der Waals surface area (Å²) in [4.78, 5) is 22.6. The van der Waals surface area contributed by atoms with Gasteiger partial charge in [-0.1, -0.05) is 37.4 Å². The van der Waals surface area contributed by atoms with Crippen LogP contribution in [0.15, 0.2) is 72.8 Å². The van der Waals surface area contributed by atoms with Crippen LogP contribution in [0.1, 0.15) is 13.8 Å². The average Bonchev–Trinajstić information content (AvgIpc) is 2.68. The minimum atomic E-state index is -0.492. The van der Waals surface area contributed by atoms with E-state index in [0.29, 0.717) is 22.6 Å². The van der Waals surface area contributed by atoms with E-state index in [2.05, 4.69) is 13.2 Å². The van der Waals surface area contributed by atoms with Crippen molar-refractivity contribution in [2.45, 2.75) is 13.8 Å². The zero-order valence-electron chi connectivity index (χ0n) is 15.9. The summed E-state index contributed by atoms with van der Waals surface area (Å²) in [5, 5.41) is 0. The standard InChI is InChI=1S/C22H22O6/c1-15(2)21(23)27-13-25-19-9-5-17(6-10-19)18-7-11-20(12-8-18)26-14-28-22(24)16(3)4/h5-12H,1,3,13-14H2,2,4H3. The first kappa shape index (κ1) is 20.8. The molecule has 28 heavy (non-hydrogen) atoms. The molecule has 0 heterocycles. The van der Waals surface area contributed by atoms with Crippen molar-refractivity contribution in [2.24, 2.45) is 0 Å². The molecule has 0 amide bonds. The highest BCUT2D eigenvalue weighted by Gasteiger charge is 2.05. The maximum Gasteiger partial charge on any atom is 0.335 e. The molecule has 146 valence electrons. The number of benzene rings is 2. The van der Waals surface area contributed by atoms with Crippen molar-refractivity contribution in [1.82, 2.24) is 0 Å². The molecular formula is C22H22O6. The van der Waals surface area contributed by atoms with Crippen LogP contribution < -0.4 is 9.47 Å². The van der Waals surface area contributed by atoms with Crippen molar-refractivity contribution in [2.75, 3.05) is 13.6 Å². The third-order valence-electron chi connectivity index (χ3n) is 3.57. The quantitative estimate of drug-likeness (QED) is 0.367. The molecule has 2 rings (SSSR count). The van der Waals surface area contributed by atoms with Crippen LogP contribution in [0.25, 0.3) is 11.1 Å². The Balaban J connectivity index is 1.86. The van der Waals surface area contributed by atoms with Gasteiger partial charge in [0.25, 0.3) is 0 Å². The normalized spacial score (nSPS) is 9.93. The van der Waals surface area contributed by atoms with E-state index in [0.717, 1.165) is 11.1 Å². The summed E-state index contributed by atoms with van der Waals surface area (Å²) in [6.07, 6.45) is 0. The van der Waals surface area contributed by atoms with E-state index in [-0.39, 0.29) is 13.6 Å². The van der Waals surface area contributed by atoms with Crippen molar-refractivity contribution in [3.63, 3.8) is 0 Å². The maximum atomic E-state index is 11.3. The molecule has 2 aromatic rings. The van der Waals surface area contributed by atoms with E-state index >= 15 is 0 Å². The zero-order valence-corrected chi connectivity index (χ0v) is 15.9. The Labute approximate surface area is 164 Å². The van der Waals surface area contributed by atoms with Gasteiger partial charge in [-0.3, -0.25) is 0 Å². The van der Waals surface area contributed by atoms with Gasteiger partial charge < -0.3 is 18.9 Å². The van der Waals surface area contributed by atoms with Gasteiger partial charge in [0.1, 0.15) is 11.5 Å². The Hall–Kier alpha value is -3.54. The van der Waals surface area contributed by atoms with Crippen LogP contribution in [-0.2, 0) is 19.1 Å². The van der Waals surface area contributed by atoms with Gasteiger partial charge in [0, 0.05) is 11.1 Å². The van der Waals surface area contributed by atoms with E-state index in [1.807, 2.05) is 24.3 Å². The number of hydrogen-bond acceptors (Lipinski definition) is 6. The average molecular weight is 382 g/mol. The van der Waals surface area contributed by atoms with Gasteiger partial charge in [-0.15, -0.1) is 0 Å². The topological polar surface area (TPSA) is 71.1 Å². The van der Waals surface area contributed by atoms with Gasteiger partial charge in [-0.25, -0.2) is 9.59 Å². The summed E-state index contributed by atoms with van der Waals surface area (Å²) in [6.45, 7) is 9.79. The summed E-state index contributed by atoms with van der Waals surface area (Å²) in [7, 11) is 0. The predicted octanol–water partition coefficient (Wildman–Crippen LogP) is 4.26. The highest BCUT2D eigenvalue weighted by Crippen LogP contribution is 2.24. The van der Waals surface area contributed by atoms with Crippen LogP contribution in [0.3, 0.4) is 0 Å². The van der Waals surface area contributed by atoms with Crippen molar-refractivity contribution < 1.29 is 28.5 Å². The number of esters is 2. The van der Waals surface area contributed by atoms with Crippen LogP contribution in [0, 0.1) is 0 Å². The first-order valence-electron chi connectivity index (χ1n) is 8.48. The molecule has 0 aliphatic heterocycles. The highest BCUT2D eigenvalue weighted by atomic mass is 16.7. The Kier molecular flexibility index (Phi) is 7.39. The molecule has 0 radical (unpaired) electrons. The predicted molar refractivity (Wildman–Crippen MR) is 105 cm³/mol. The Bertz CT molecular complexity index is 776. The fourth-order valence-corrected chi connectivity index (χ4v) is 2.04. The second-order valence-electron chi connectivity index (χ2n) is 6.00. The maximum absolute atomic E-state index is 11.3. The van der Waals surface area contributed by atoms with E-state index in [9.17, 15) is 9.59 Å². The fourth-order valence-electron chi connectivity index (χ4n) is 2.04. The Morgan fingerprint density at radius 2 is 1.00 bits per heavy atom. The number of rotatable bonds is 9. The molecule has 2 aromatic carbocycles. The van der Waals surface area contributed by atoms with Crippen molar-refractivity contribution >= 4 is 11.9 Å². The first-order valence-corrected chi connectivity index (χ1v) is 8.48. The zero-order chi connectivity index (χ0) is 20.5. The highest BCUT2D eigenvalue weighted by molar-refractivity contribution is 5.87. The fraction of sp³-hybridized carbons (Fsp3) is 0.182. The molecule has 0 atom stereocenters. The van der Waals surface area contributed by atoms with Gasteiger partial charge in [0.15, 0.2) is 0 Å². The lowest BCUT2D eigenvalue weighted by Crippen LogP contribution is -2.10. The minimum Gasteiger partial charge on any atom is -0.457 e. The van der Waals surface area contributed by atoms with Crippen LogP contribution in [-0.4, -0.2) is 25.5 Å². The third-order valence-corrected chi connectivity index (χ3v) is 3.57. The summed E-state index contributed by atoms with van der Waals surface area (Å²) >= 11 is 0. The van der Waals surface area contributed by atoms with Gasteiger partial charge >= 0.3 is 11.9 Å². The summed E-state index contributed by atoms with van der Waals surface area (Å²) < 4.78 is 20.5. The van der Waals surface area contributed by atoms with E-state index in [1.165, 1.54) is 0 Å². The molecular weight excluding hydrogens is 360 g/mol. The van der Waals surface area contributed by atoms with Crippen molar-refractivity contribution in [3.05, 3.63) is 72.8 Å². The van der Waals surface area contributed by atoms with Gasteiger partial charge in [0.05, 0.1) is 0 Å². The molecule has 0 aliphatic rings. The number of carbonyl (C=O) groups excluding carboxylic acids is 2. The SMILES string of the molecule is C=C(C)C(=O)OCOc1ccc(-c2ccc(OCOC(=O)C(=C)C)cc2)cc1. The second kappa shape index (κ2) is 9.97. The van der Waals surface area contributed by atoms with E-state index < -0.39 is 11.9 Å². The van der Waals surface area contributed by atoms with Crippen LogP contribution in [0.2, 0.25) is 0 Å². The smallest absolute Gasteiger partial charge is 0.335 e. The van der Waals surface area contributed by atoms with Crippen molar-refractivity contribution in [3.8, 4) is 22.6 Å². The molecule has 0 bridgehead atoms. The Morgan fingerprint density at radius 3 is 1.29 bits per heavy atom. The number of carbonyl (C=O) groups is 2. The molecule has 0 saturated carbocycles. The van der Waals surface area contributed by atoms with E-state index in [1.54, 1.807) is 38.1 Å². The summed E-state index contributed by atoms with van der Waals surface area (Å²) in [5.74, 6) is 0.178. The molecule has 0 spiro atoms. The molecule has 0 saturated heterocycles. The Morgan fingerprint density at radius 1 is 0.679 bits per heavy atom. The molecule has 0 aliphatic carbocycles. The van der Waals surface area contributed by atoms with E-state index in [4.69, 9.17) is 18.9 Å². The molecule has 0 unspecified atom stereocenters. The van der Waals surface area contributed by atoms with Crippen LogP contribution in [0.5, 0.6) is 11.5 Å². The van der Waals surface area contributed by atoms with Gasteiger partial charge in [0.2, 0.25) is 13.6 Å². The molecule has 0 N–H and O–H groups in total. The van der Waals surface area contributed by atoms with Crippen molar-refractivity contribution in [1.29, 1.82) is 0 Å². The summed E-state index contributed by atoms with van der Waals surface area (Å²) in [5.41, 5.74) is 2.60. The van der Waals surface area contributed by atoms with Gasteiger partial charge in [-0.2, -0.15) is 0 Å². The molecule has 6 nitrogen and oxygen atoms in total. The summed E-state index contributed by atoms with van der Waals surface area (Å²) in [6, 6.07) is 14.7. The molecule has 0 aromatic heterocycles. The van der Waals surface area contributed by atoms with Crippen LogP contribution >= 0.6 is 0 Å². The van der Waals surface area contributed by atoms with Crippen LogP contribution in [0.4, 0.5) is 0 Å². The molecule has 6 heteroatoms. The lowest BCUT2D eigenvalue weighted by molar-refractivity contribution is -0.146. The third kappa shape index (κ3) is 6.32. The number of hydrogen-bond donors (Lipinski definition) is 0. The lowest BCUT2D eigenvalue weighted by Gasteiger charge is -2.09. The largest absolute Gasteiger partial charge is 0.457 e. The second-order valence-corrected chi connectivity index (χ2v) is 6.00. The number of ether oxygens (including phenoxy) is 4. The minimum absolute atomic E-state index is 0.174. The molecule has 0 fully saturated rings. The monoisotopic (exact) mass is 382 g/mol. The van der Waals surface area contributed by atoms with Gasteiger partial charge in [-0.05, 0) is 49.2 Å². The first-order chi connectivity index (χ1) is 13.4.